The number of esters is 1. The topological polar surface area (TPSA) is 72.5 Å². The lowest BCUT2D eigenvalue weighted by atomic mass is 9.97. The number of hydrogen-bond acceptors (Lipinski definition) is 5. The minimum atomic E-state index is -3.42. The van der Waals surface area contributed by atoms with Crippen molar-refractivity contribution in [3.05, 3.63) is 0 Å². The third kappa shape index (κ3) is 2.22. The third-order valence-electron chi connectivity index (χ3n) is 3.03. The normalized spacial score (nSPS) is 20.4. The Kier molecular flexibility index (Phi) is 4.32. The van der Waals surface area contributed by atoms with Crippen LogP contribution >= 0.6 is 0 Å². The number of carbonyl (C=O) groups is 1. The molecule has 0 amide bonds. The zero-order valence-corrected chi connectivity index (χ0v) is 10.6. The van der Waals surface area contributed by atoms with E-state index in [4.69, 9.17) is 4.74 Å². The molecule has 0 spiro atoms. The van der Waals surface area contributed by atoms with E-state index >= 15 is 0 Å². The van der Waals surface area contributed by atoms with Crippen LogP contribution in [0.1, 0.15) is 26.7 Å². The van der Waals surface area contributed by atoms with Gasteiger partial charge in [0.15, 0.2) is 14.6 Å². The molecule has 0 unspecified atom stereocenters. The number of hydrogen-bond donors (Lipinski definition) is 1. The van der Waals surface area contributed by atoms with Gasteiger partial charge in [0.2, 0.25) is 0 Å². The standard InChI is InChI=1S/C10H19NO4S/c1-3-15-9(12)10(16(13,14)4-2)5-7-11-8-6-10/h11H,3-8H2,1-2H3. The van der Waals surface area contributed by atoms with Crippen LogP contribution in [-0.2, 0) is 19.4 Å². The van der Waals surface area contributed by atoms with Crippen molar-refractivity contribution in [3.63, 3.8) is 0 Å². The highest BCUT2D eigenvalue weighted by Crippen LogP contribution is 2.30. The van der Waals surface area contributed by atoms with Gasteiger partial charge < -0.3 is 10.1 Å². The summed E-state index contributed by atoms with van der Waals surface area (Å²) in [5, 5.41) is 3.06. The van der Waals surface area contributed by atoms with Gasteiger partial charge in [0, 0.05) is 5.75 Å². The fraction of sp³-hybridized carbons (Fsp3) is 0.900. The van der Waals surface area contributed by atoms with Crippen molar-refractivity contribution in [2.75, 3.05) is 25.4 Å². The lowest BCUT2D eigenvalue weighted by Crippen LogP contribution is -2.54. The average molecular weight is 249 g/mol. The van der Waals surface area contributed by atoms with Gasteiger partial charge in [-0.3, -0.25) is 4.79 Å². The molecule has 1 fully saturated rings. The Morgan fingerprint density at radius 1 is 1.31 bits per heavy atom. The zero-order chi connectivity index (χ0) is 12.2. The summed E-state index contributed by atoms with van der Waals surface area (Å²) in [6, 6.07) is 0. The first-order chi connectivity index (χ1) is 7.50. The van der Waals surface area contributed by atoms with Crippen LogP contribution in [0.15, 0.2) is 0 Å². The first-order valence-electron chi connectivity index (χ1n) is 5.60. The summed E-state index contributed by atoms with van der Waals surface area (Å²) in [6.07, 6.45) is 0.615. The quantitative estimate of drug-likeness (QED) is 0.716. The summed E-state index contributed by atoms with van der Waals surface area (Å²) in [5.41, 5.74) is 0. The second kappa shape index (κ2) is 5.14. The maximum absolute atomic E-state index is 12.1. The lowest BCUT2D eigenvalue weighted by molar-refractivity contribution is -0.147. The number of piperidine rings is 1. The fourth-order valence-corrected chi connectivity index (χ4v) is 3.70. The maximum Gasteiger partial charge on any atom is 0.327 e. The highest BCUT2D eigenvalue weighted by Gasteiger charge is 2.51. The van der Waals surface area contributed by atoms with Crippen LogP contribution < -0.4 is 5.32 Å². The van der Waals surface area contributed by atoms with Gasteiger partial charge in [0.1, 0.15) is 0 Å². The van der Waals surface area contributed by atoms with E-state index in [1.807, 2.05) is 0 Å². The molecule has 0 radical (unpaired) electrons. The molecule has 16 heavy (non-hydrogen) atoms. The molecule has 94 valence electrons. The molecule has 0 bridgehead atoms. The molecule has 5 nitrogen and oxygen atoms in total. The van der Waals surface area contributed by atoms with E-state index < -0.39 is 20.6 Å². The van der Waals surface area contributed by atoms with Gasteiger partial charge in [-0.2, -0.15) is 0 Å². The Balaban J connectivity index is 3.06. The number of rotatable bonds is 4. The van der Waals surface area contributed by atoms with Crippen molar-refractivity contribution >= 4 is 15.8 Å². The molecule has 1 saturated heterocycles. The summed E-state index contributed by atoms with van der Waals surface area (Å²) in [6.45, 7) is 4.55. The van der Waals surface area contributed by atoms with E-state index in [9.17, 15) is 13.2 Å². The van der Waals surface area contributed by atoms with Crippen molar-refractivity contribution in [2.24, 2.45) is 0 Å². The predicted molar refractivity (Wildman–Crippen MR) is 60.9 cm³/mol. The number of carbonyl (C=O) groups excluding carboxylic acids is 1. The third-order valence-corrected chi connectivity index (χ3v) is 5.56. The largest absolute Gasteiger partial charge is 0.465 e. The van der Waals surface area contributed by atoms with Crippen molar-refractivity contribution in [1.82, 2.24) is 5.32 Å². The molecule has 1 heterocycles. The molecule has 0 saturated carbocycles. The Morgan fingerprint density at radius 3 is 2.31 bits per heavy atom. The molecule has 1 aliphatic rings. The van der Waals surface area contributed by atoms with Crippen LogP contribution in [0.3, 0.4) is 0 Å². The van der Waals surface area contributed by atoms with Crippen LogP contribution in [0.5, 0.6) is 0 Å². The molecule has 1 rings (SSSR count). The summed E-state index contributed by atoms with van der Waals surface area (Å²) in [5.74, 6) is -0.607. The minimum Gasteiger partial charge on any atom is -0.465 e. The van der Waals surface area contributed by atoms with Crippen LogP contribution in [0.25, 0.3) is 0 Å². The minimum absolute atomic E-state index is 0.0220. The first-order valence-corrected chi connectivity index (χ1v) is 7.25. The van der Waals surface area contributed by atoms with Gasteiger partial charge in [0.05, 0.1) is 6.61 Å². The van der Waals surface area contributed by atoms with E-state index in [1.54, 1.807) is 13.8 Å². The molecule has 0 aliphatic carbocycles. The molecule has 0 aromatic heterocycles. The van der Waals surface area contributed by atoms with E-state index in [2.05, 4.69) is 5.32 Å². The van der Waals surface area contributed by atoms with Crippen LogP contribution in [-0.4, -0.2) is 44.6 Å². The van der Waals surface area contributed by atoms with Crippen LogP contribution in [0.2, 0.25) is 0 Å². The molecule has 1 aliphatic heterocycles. The molecular weight excluding hydrogens is 230 g/mol. The summed E-state index contributed by atoms with van der Waals surface area (Å²) >= 11 is 0. The second-order valence-corrected chi connectivity index (χ2v) is 6.46. The molecule has 0 aromatic carbocycles. The SMILES string of the molecule is CCOC(=O)C1(S(=O)(=O)CC)CCNCC1. The molecule has 1 N–H and O–H groups in total. The average Bonchev–Trinajstić information content (AvgIpc) is 2.30. The van der Waals surface area contributed by atoms with Gasteiger partial charge >= 0.3 is 5.97 Å². The van der Waals surface area contributed by atoms with Crippen molar-refractivity contribution in [2.45, 2.75) is 31.4 Å². The first kappa shape index (κ1) is 13.4. The Labute approximate surface area is 96.5 Å². The van der Waals surface area contributed by atoms with Crippen LogP contribution in [0, 0.1) is 0 Å². The molecule has 6 heteroatoms. The van der Waals surface area contributed by atoms with E-state index in [0.29, 0.717) is 25.9 Å². The molecule has 0 atom stereocenters. The smallest absolute Gasteiger partial charge is 0.327 e. The highest BCUT2D eigenvalue weighted by molar-refractivity contribution is 7.93. The van der Waals surface area contributed by atoms with Gasteiger partial charge in [-0.15, -0.1) is 0 Å². The highest BCUT2D eigenvalue weighted by atomic mass is 32.2. The fourth-order valence-electron chi connectivity index (χ4n) is 2.01. The van der Waals surface area contributed by atoms with Crippen molar-refractivity contribution < 1.29 is 17.9 Å². The Bertz CT molecular complexity index is 344. The second-order valence-electron chi connectivity index (χ2n) is 3.87. The lowest BCUT2D eigenvalue weighted by Gasteiger charge is -2.34. The van der Waals surface area contributed by atoms with Gasteiger partial charge in [-0.05, 0) is 32.9 Å². The van der Waals surface area contributed by atoms with Crippen molar-refractivity contribution in [3.8, 4) is 0 Å². The van der Waals surface area contributed by atoms with Gasteiger partial charge in [0.25, 0.3) is 0 Å². The molecular formula is C10H19NO4S. The summed E-state index contributed by atoms with van der Waals surface area (Å²) in [7, 11) is -3.42. The van der Waals surface area contributed by atoms with E-state index in [-0.39, 0.29) is 12.4 Å². The number of ether oxygens (including phenoxy) is 1. The Morgan fingerprint density at radius 2 is 1.88 bits per heavy atom. The molecule has 0 aromatic rings. The summed E-state index contributed by atoms with van der Waals surface area (Å²) in [4.78, 5) is 11.9. The summed E-state index contributed by atoms with van der Waals surface area (Å²) < 4.78 is 27.7. The maximum atomic E-state index is 12.1. The van der Waals surface area contributed by atoms with Crippen LogP contribution in [0.4, 0.5) is 0 Å². The zero-order valence-electron chi connectivity index (χ0n) is 9.78. The van der Waals surface area contributed by atoms with Gasteiger partial charge in [-0.1, -0.05) is 6.92 Å². The van der Waals surface area contributed by atoms with Crippen molar-refractivity contribution in [1.29, 1.82) is 0 Å². The number of sulfone groups is 1. The number of nitrogens with one attached hydrogen (secondary N) is 1. The van der Waals surface area contributed by atoms with E-state index in [0.717, 1.165) is 0 Å². The predicted octanol–water partition coefficient (Wildman–Crippen LogP) is 0.106. The monoisotopic (exact) mass is 249 g/mol. The van der Waals surface area contributed by atoms with E-state index in [1.165, 1.54) is 0 Å². The Hall–Kier alpha value is -0.620. The van der Waals surface area contributed by atoms with Gasteiger partial charge in [-0.25, -0.2) is 8.42 Å².